The lowest BCUT2D eigenvalue weighted by Crippen LogP contribution is -2.12. The SMILES string of the molecule is O=C(Nc1ccc(NCc2cc(Cl)cc(C(F)(F)F)c2)cc1Cl)c1cc(Cl)ccc1O. The summed E-state index contributed by atoms with van der Waals surface area (Å²) in [6.45, 7) is 0.0715. The van der Waals surface area contributed by atoms with E-state index in [-0.39, 0.29) is 38.6 Å². The average molecular weight is 490 g/mol. The summed E-state index contributed by atoms with van der Waals surface area (Å²) in [6.07, 6.45) is -4.50. The van der Waals surface area contributed by atoms with Crippen LogP contribution >= 0.6 is 34.8 Å². The molecule has 0 aliphatic heterocycles. The lowest BCUT2D eigenvalue weighted by atomic mass is 10.1. The molecule has 0 bridgehead atoms. The van der Waals surface area contributed by atoms with Crippen LogP contribution in [0, 0.1) is 0 Å². The number of phenols is 1. The molecule has 0 radical (unpaired) electrons. The topological polar surface area (TPSA) is 61.4 Å². The number of benzene rings is 3. The van der Waals surface area contributed by atoms with E-state index in [2.05, 4.69) is 10.6 Å². The number of phenolic OH excluding ortho intramolecular Hbond substituents is 1. The monoisotopic (exact) mass is 488 g/mol. The standard InChI is InChI=1S/C21H14Cl3F3N2O2/c22-13-1-4-19(30)16(8-13)20(31)29-18-3-2-15(9-17(18)24)28-10-11-5-12(21(25,26)27)7-14(23)6-11/h1-9,28,30H,10H2,(H,29,31). The van der Waals surface area contributed by atoms with E-state index in [4.69, 9.17) is 34.8 Å². The van der Waals surface area contributed by atoms with E-state index in [1.54, 1.807) is 6.07 Å². The van der Waals surface area contributed by atoms with Crippen molar-refractivity contribution in [2.24, 2.45) is 0 Å². The van der Waals surface area contributed by atoms with Gasteiger partial charge < -0.3 is 15.7 Å². The van der Waals surface area contributed by atoms with Crippen molar-refractivity contribution >= 4 is 52.1 Å². The molecule has 0 aromatic heterocycles. The summed E-state index contributed by atoms with van der Waals surface area (Å²) in [5, 5.41) is 15.8. The predicted octanol–water partition coefficient (Wildman–Crippen LogP) is 7.24. The fraction of sp³-hybridized carbons (Fsp3) is 0.0952. The summed E-state index contributed by atoms with van der Waals surface area (Å²) >= 11 is 17.8. The van der Waals surface area contributed by atoms with Gasteiger partial charge in [-0.2, -0.15) is 13.2 Å². The Kier molecular flexibility index (Phi) is 6.89. The first-order chi connectivity index (χ1) is 14.5. The first-order valence-electron chi connectivity index (χ1n) is 8.73. The molecular formula is C21H14Cl3F3N2O2. The molecular weight excluding hydrogens is 476 g/mol. The Morgan fingerprint density at radius 3 is 2.35 bits per heavy atom. The van der Waals surface area contributed by atoms with Gasteiger partial charge in [0.1, 0.15) is 5.75 Å². The molecule has 4 nitrogen and oxygen atoms in total. The fourth-order valence-electron chi connectivity index (χ4n) is 2.73. The Morgan fingerprint density at radius 1 is 0.935 bits per heavy atom. The molecule has 10 heteroatoms. The second-order valence-electron chi connectivity index (χ2n) is 6.51. The zero-order chi connectivity index (χ0) is 22.8. The molecule has 0 saturated heterocycles. The molecule has 0 saturated carbocycles. The van der Waals surface area contributed by atoms with Gasteiger partial charge >= 0.3 is 6.18 Å². The number of alkyl halides is 3. The number of amides is 1. The van der Waals surface area contributed by atoms with Crippen LogP contribution in [0.5, 0.6) is 5.75 Å². The zero-order valence-corrected chi connectivity index (χ0v) is 17.8. The quantitative estimate of drug-likeness (QED) is 0.354. The third kappa shape index (κ3) is 5.97. The Morgan fingerprint density at radius 2 is 1.68 bits per heavy atom. The van der Waals surface area contributed by atoms with Crippen molar-refractivity contribution in [3.63, 3.8) is 0 Å². The summed E-state index contributed by atoms with van der Waals surface area (Å²) in [5.74, 6) is -0.850. The lowest BCUT2D eigenvalue weighted by Gasteiger charge is -2.13. The summed E-state index contributed by atoms with van der Waals surface area (Å²) < 4.78 is 38.8. The molecule has 0 fully saturated rings. The van der Waals surface area contributed by atoms with Crippen LogP contribution in [0.4, 0.5) is 24.5 Å². The molecule has 0 heterocycles. The van der Waals surface area contributed by atoms with Crippen LogP contribution in [0.15, 0.2) is 54.6 Å². The van der Waals surface area contributed by atoms with Crippen molar-refractivity contribution in [1.82, 2.24) is 0 Å². The first kappa shape index (κ1) is 23.1. The molecule has 0 aliphatic rings. The summed E-state index contributed by atoms with van der Waals surface area (Å²) in [5.41, 5.74) is 0.273. The van der Waals surface area contributed by atoms with E-state index in [0.29, 0.717) is 11.3 Å². The van der Waals surface area contributed by atoms with Crippen LogP contribution in [-0.4, -0.2) is 11.0 Å². The minimum Gasteiger partial charge on any atom is -0.507 e. The van der Waals surface area contributed by atoms with Gasteiger partial charge in [-0.15, -0.1) is 0 Å². The molecule has 0 unspecified atom stereocenters. The number of hydrogen-bond donors (Lipinski definition) is 3. The molecule has 3 aromatic rings. The van der Waals surface area contributed by atoms with Gasteiger partial charge in [0.2, 0.25) is 0 Å². The number of anilines is 2. The maximum absolute atomic E-state index is 12.9. The number of carbonyl (C=O) groups is 1. The molecule has 1 amide bonds. The third-order valence-electron chi connectivity index (χ3n) is 4.20. The van der Waals surface area contributed by atoms with Crippen LogP contribution in [0.3, 0.4) is 0 Å². The lowest BCUT2D eigenvalue weighted by molar-refractivity contribution is -0.137. The first-order valence-corrected chi connectivity index (χ1v) is 9.86. The number of halogens is 6. The van der Waals surface area contributed by atoms with Crippen LogP contribution in [-0.2, 0) is 12.7 Å². The zero-order valence-electron chi connectivity index (χ0n) is 15.5. The van der Waals surface area contributed by atoms with Gasteiger partial charge in [0.05, 0.1) is 21.8 Å². The molecule has 3 aromatic carbocycles. The maximum Gasteiger partial charge on any atom is 0.416 e. The smallest absolute Gasteiger partial charge is 0.416 e. The Labute approximate surface area is 190 Å². The molecule has 0 spiro atoms. The van der Waals surface area contributed by atoms with Crippen molar-refractivity contribution in [2.75, 3.05) is 10.6 Å². The van der Waals surface area contributed by atoms with Gasteiger partial charge in [0.15, 0.2) is 0 Å². The van der Waals surface area contributed by atoms with Crippen LogP contribution < -0.4 is 10.6 Å². The van der Waals surface area contributed by atoms with Gasteiger partial charge in [0.25, 0.3) is 5.91 Å². The molecule has 162 valence electrons. The van der Waals surface area contributed by atoms with Gasteiger partial charge in [-0.25, -0.2) is 0 Å². The number of hydrogen-bond acceptors (Lipinski definition) is 3. The number of aromatic hydroxyl groups is 1. The normalized spacial score (nSPS) is 11.3. The highest BCUT2D eigenvalue weighted by Crippen LogP contribution is 2.32. The summed E-state index contributed by atoms with van der Waals surface area (Å²) in [6, 6.07) is 12.0. The molecule has 0 atom stereocenters. The van der Waals surface area contributed by atoms with Gasteiger partial charge in [-0.3, -0.25) is 4.79 Å². The highest BCUT2D eigenvalue weighted by molar-refractivity contribution is 6.34. The minimum atomic E-state index is -4.50. The van der Waals surface area contributed by atoms with Crippen molar-refractivity contribution in [2.45, 2.75) is 12.7 Å². The van der Waals surface area contributed by atoms with Crippen LogP contribution in [0.25, 0.3) is 0 Å². The van der Waals surface area contributed by atoms with E-state index in [1.807, 2.05) is 0 Å². The largest absolute Gasteiger partial charge is 0.507 e. The second-order valence-corrected chi connectivity index (χ2v) is 7.79. The fourth-order valence-corrected chi connectivity index (χ4v) is 3.38. The Balaban J connectivity index is 1.71. The molecule has 3 rings (SSSR count). The van der Waals surface area contributed by atoms with Crippen molar-refractivity contribution in [3.8, 4) is 5.75 Å². The van der Waals surface area contributed by atoms with Crippen molar-refractivity contribution < 1.29 is 23.1 Å². The minimum absolute atomic E-state index is 0.0211. The number of carbonyl (C=O) groups excluding carboxylic acids is 1. The van der Waals surface area contributed by atoms with Gasteiger partial charge in [-0.05, 0) is 60.2 Å². The van der Waals surface area contributed by atoms with Gasteiger partial charge in [0, 0.05) is 22.3 Å². The molecule has 3 N–H and O–H groups in total. The third-order valence-corrected chi connectivity index (χ3v) is 4.97. The van der Waals surface area contributed by atoms with Crippen molar-refractivity contribution in [3.05, 3.63) is 86.4 Å². The number of rotatable bonds is 5. The predicted molar refractivity (Wildman–Crippen MR) is 116 cm³/mol. The number of nitrogens with one attached hydrogen (secondary N) is 2. The Bertz CT molecular complexity index is 1140. The van der Waals surface area contributed by atoms with E-state index in [1.165, 1.54) is 36.4 Å². The van der Waals surface area contributed by atoms with E-state index < -0.39 is 17.6 Å². The highest BCUT2D eigenvalue weighted by Gasteiger charge is 2.31. The molecule has 31 heavy (non-hydrogen) atoms. The second kappa shape index (κ2) is 9.26. The van der Waals surface area contributed by atoms with E-state index in [0.717, 1.165) is 12.1 Å². The average Bonchev–Trinajstić information content (AvgIpc) is 2.69. The van der Waals surface area contributed by atoms with Crippen molar-refractivity contribution in [1.29, 1.82) is 0 Å². The van der Waals surface area contributed by atoms with Crippen LogP contribution in [0.2, 0.25) is 15.1 Å². The van der Waals surface area contributed by atoms with E-state index in [9.17, 15) is 23.1 Å². The summed E-state index contributed by atoms with van der Waals surface area (Å²) in [4.78, 5) is 12.4. The maximum atomic E-state index is 12.9. The Hall–Kier alpha value is -2.61. The highest BCUT2D eigenvalue weighted by atomic mass is 35.5. The van der Waals surface area contributed by atoms with E-state index >= 15 is 0 Å². The van der Waals surface area contributed by atoms with Crippen LogP contribution in [0.1, 0.15) is 21.5 Å². The van der Waals surface area contributed by atoms with Gasteiger partial charge in [-0.1, -0.05) is 34.8 Å². The summed E-state index contributed by atoms with van der Waals surface area (Å²) in [7, 11) is 0. The molecule has 0 aliphatic carbocycles.